The molecule has 0 radical (unpaired) electrons. The lowest BCUT2D eigenvalue weighted by molar-refractivity contribution is -0.136. The molecule has 1 saturated carbocycles. The summed E-state index contributed by atoms with van der Waals surface area (Å²) in [5.41, 5.74) is 4.43. The van der Waals surface area contributed by atoms with Gasteiger partial charge >= 0.3 is 0 Å². The molecular formula is C43H50ClN11O5. The van der Waals surface area contributed by atoms with E-state index in [0.717, 1.165) is 108 Å². The van der Waals surface area contributed by atoms with Crippen LogP contribution in [0.2, 0.25) is 5.02 Å². The predicted molar refractivity (Wildman–Crippen MR) is 228 cm³/mol. The third-order valence-corrected chi connectivity index (χ3v) is 13.3. The van der Waals surface area contributed by atoms with Crippen molar-refractivity contribution < 1.29 is 19.2 Å². The smallest absolute Gasteiger partial charge is 0.263 e. The Balaban J connectivity index is 0.752. The first-order chi connectivity index (χ1) is 29.0. The van der Waals surface area contributed by atoms with Crippen molar-refractivity contribution in [2.45, 2.75) is 71.0 Å². The molecule has 0 spiro atoms. The number of pyridine rings is 2. The number of hydrogen-bond acceptors (Lipinski definition) is 13. The summed E-state index contributed by atoms with van der Waals surface area (Å²) in [6.07, 6.45) is 7.96. The fraction of sp³-hybridized carbons (Fsp3) is 0.488. The first kappa shape index (κ1) is 40.0. The van der Waals surface area contributed by atoms with Gasteiger partial charge in [0.2, 0.25) is 17.8 Å². The molecule has 314 valence electrons. The van der Waals surface area contributed by atoms with E-state index in [1.165, 1.54) is 6.92 Å². The third kappa shape index (κ3) is 7.71. The Labute approximate surface area is 352 Å². The summed E-state index contributed by atoms with van der Waals surface area (Å²) in [7, 11) is 0. The average Bonchev–Trinajstić information content (AvgIpc) is 3.89. The summed E-state index contributed by atoms with van der Waals surface area (Å²) >= 11 is 6.68. The Bertz CT molecular complexity index is 2420. The van der Waals surface area contributed by atoms with Gasteiger partial charge in [0, 0.05) is 102 Å². The maximum absolute atomic E-state index is 13.6. The number of rotatable bonds is 10. The molecule has 0 bridgehead atoms. The lowest BCUT2D eigenvalue weighted by atomic mass is 10.0. The molecule has 3 amide bonds. The molecule has 60 heavy (non-hydrogen) atoms. The van der Waals surface area contributed by atoms with E-state index >= 15 is 0 Å². The molecule has 1 aromatic carbocycles. The predicted octanol–water partition coefficient (Wildman–Crippen LogP) is 3.91. The summed E-state index contributed by atoms with van der Waals surface area (Å²) < 4.78 is 1.72. The fourth-order valence-corrected chi connectivity index (χ4v) is 9.95. The molecule has 2 N–H and O–H groups in total. The quantitative estimate of drug-likeness (QED) is 0.174. The highest BCUT2D eigenvalue weighted by Crippen LogP contribution is 2.36. The van der Waals surface area contributed by atoms with Crippen LogP contribution in [0.4, 0.5) is 23.1 Å². The molecule has 4 aliphatic heterocycles. The second-order valence-electron chi connectivity index (χ2n) is 16.6. The van der Waals surface area contributed by atoms with Crippen molar-refractivity contribution in [1.29, 1.82) is 0 Å². The maximum Gasteiger partial charge on any atom is 0.263 e. The summed E-state index contributed by atoms with van der Waals surface area (Å²) in [4.78, 5) is 88.7. The number of hydrogen-bond donors (Lipinski definition) is 2. The number of anilines is 4. The van der Waals surface area contributed by atoms with Crippen LogP contribution in [0.15, 0.2) is 41.5 Å². The molecule has 4 aromatic rings. The number of fused-ring (bicyclic) bond motifs is 2. The zero-order valence-corrected chi connectivity index (χ0v) is 34.8. The largest absolute Gasteiger partial charge is 0.369 e. The van der Waals surface area contributed by atoms with E-state index < -0.39 is 11.9 Å². The van der Waals surface area contributed by atoms with Crippen LogP contribution in [-0.2, 0) is 16.1 Å². The molecule has 17 heteroatoms. The molecule has 4 fully saturated rings. The number of aromatic nitrogens is 4. The lowest BCUT2D eigenvalue weighted by Gasteiger charge is -2.39. The molecule has 3 saturated heterocycles. The number of nitrogens with one attached hydrogen (secondary N) is 2. The molecule has 1 atom stereocenters. The molecule has 16 nitrogen and oxygen atoms in total. The number of carbonyl (C=O) groups excluding carboxylic acids is 4. The first-order valence-corrected chi connectivity index (χ1v) is 21.5. The Hall–Kier alpha value is -5.45. The van der Waals surface area contributed by atoms with Gasteiger partial charge in [0.1, 0.15) is 17.5 Å². The van der Waals surface area contributed by atoms with Crippen LogP contribution in [0.5, 0.6) is 0 Å². The molecule has 1 unspecified atom stereocenters. The van der Waals surface area contributed by atoms with Gasteiger partial charge in [-0.25, -0.2) is 9.97 Å². The van der Waals surface area contributed by atoms with Gasteiger partial charge in [-0.05, 0) is 68.5 Å². The standard InChI is InChI=1S/C43H50ClN11O5/c1-26-32-24-46-43(49-39(32)55(29-5-3-4-6-29)42(60)37(26)27(2)56)47-35-9-7-30(23-45-35)52-17-13-50(14-18-52)11-12-51-15-19-53(20-16-51)31-21-28-25-54(41(59)38(28)33(44)22-31)34-8-10-36(57)48-40(34)58/h7,9,21-24,29,34H,3-6,8,10-20,25H2,1-2H3,(H,48,57,58)(H,45,46,47,49). The van der Waals surface area contributed by atoms with E-state index in [4.69, 9.17) is 16.6 Å². The summed E-state index contributed by atoms with van der Waals surface area (Å²) in [6.45, 7) is 12.8. The first-order valence-electron chi connectivity index (χ1n) is 21.1. The second-order valence-corrected chi connectivity index (χ2v) is 17.1. The summed E-state index contributed by atoms with van der Waals surface area (Å²) in [5, 5.41) is 6.69. The van der Waals surface area contributed by atoms with Gasteiger partial charge in [0.05, 0.1) is 28.0 Å². The van der Waals surface area contributed by atoms with E-state index in [9.17, 15) is 24.0 Å². The van der Waals surface area contributed by atoms with Crippen molar-refractivity contribution in [3.63, 3.8) is 0 Å². The SMILES string of the molecule is CC(=O)c1c(C)c2cnc(Nc3ccc(N4CCN(CCN5CCN(c6cc(Cl)c7c(c6)CN(C6CCC(=O)NC6=O)C7=O)CC5)CC4)cn3)nc2n(C2CCCC2)c1=O. The normalized spacial score (nSPS) is 20.6. The zero-order valence-electron chi connectivity index (χ0n) is 34.1. The lowest BCUT2D eigenvalue weighted by Crippen LogP contribution is -2.52. The number of aryl methyl sites for hydroxylation is 1. The number of ketones is 1. The molecule has 9 rings (SSSR count). The highest BCUT2D eigenvalue weighted by Gasteiger charge is 2.40. The van der Waals surface area contributed by atoms with Crippen LogP contribution >= 0.6 is 11.6 Å². The van der Waals surface area contributed by atoms with Crippen molar-refractivity contribution in [3.05, 3.63) is 74.3 Å². The summed E-state index contributed by atoms with van der Waals surface area (Å²) in [5.74, 6) is -0.270. The van der Waals surface area contributed by atoms with Gasteiger partial charge in [-0.15, -0.1) is 0 Å². The van der Waals surface area contributed by atoms with E-state index in [1.807, 2.05) is 24.4 Å². The minimum atomic E-state index is -0.666. The number of Topliss-reactive ketones (excluding diaryl/α,β-unsaturated/α-hetero) is 1. The Morgan fingerprint density at radius 3 is 2.18 bits per heavy atom. The average molecular weight is 836 g/mol. The van der Waals surface area contributed by atoms with E-state index in [-0.39, 0.29) is 41.2 Å². The van der Waals surface area contributed by atoms with Gasteiger partial charge < -0.3 is 20.0 Å². The van der Waals surface area contributed by atoms with Gasteiger partial charge in [-0.2, -0.15) is 4.98 Å². The van der Waals surface area contributed by atoms with Crippen molar-refractivity contribution in [2.75, 3.05) is 80.6 Å². The molecule has 5 aliphatic rings. The molecule has 3 aromatic heterocycles. The fourth-order valence-electron chi connectivity index (χ4n) is 9.64. The monoisotopic (exact) mass is 835 g/mol. The van der Waals surface area contributed by atoms with Crippen LogP contribution in [0.25, 0.3) is 11.0 Å². The van der Waals surface area contributed by atoms with Gasteiger partial charge in [-0.3, -0.25) is 43.7 Å². The van der Waals surface area contributed by atoms with E-state index in [2.05, 4.69) is 46.3 Å². The van der Waals surface area contributed by atoms with Gasteiger partial charge in [0.25, 0.3) is 11.5 Å². The number of piperazine rings is 2. The minimum Gasteiger partial charge on any atom is -0.369 e. The van der Waals surface area contributed by atoms with Crippen molar-refractivity contribution in [3.8, 4) is 0 Å². The summed E-state index contributed by atoms with van der Waals surface area (Å²) in [6, 6.07) is 7.23. The van der Waals surface area contributed by atoms with Crippen LogP contribution in [-0.4, -0.2) is 129 Å². The van der Waals surface area contributed by atoms with E-state index in [0.29, 0.717) is 51.9 Å². The number of halogens is 1. The molecule has 7 heterocycles. The van der Waals surface area contributed by atoms with Crippen molar-refractivity contribution in [2.24, 2.45) is 0 Å². The third-order valence-electron chi connectivity index (χ3n) is 13.0. The number of carbonyl (C=O) groups is 4. The molecule has 1 aliphatic carbocycles. The van der Waals surface area contributed by atoms with Crippen LogP contribution in [0.3, 0.4) is 0 Å². The zero-order chi connectivity index (χ0) is 41.7. The molecular weight excluding hydrogens is 786 g/mol. The highest BCUT2D eigenvalue weighted by molar-refractivity contribution is 6.34. The van der Waals surface area contributed by atoms with Crippen LogP contribution < -0.4 is 26.0 Å². The number of imide groups is 1. The minimum absolute atomic E-state index is 0.0121. The number of piperidine rings is 1. The van der Waals surface area contributed by atoms with Crippen LogP contribution in [0.1, 0.15) is 83.3 Å². The highest BCUT2D eigenvalue weighted by atomic mass is 35.5. The topological polar surface area (TPSA) is 169 Å². The second kappa shape index (κ2) is 16.5. The Morgan fingerprint density at radius 1 is 0.867 bits per heavy atom. The number of nitrogens with zero attached hydrogens (tertiary/aromatic N) is 9. The maximum atomic E-state index is 13.6. The Morgan fingerprint density at radius 2 is 1.55 bits per heavy atom. The van der Waals surface area contributed by atoms with Crippen molar-refractivity contribution >= 4 is 69.3 Å². The van der Waals surface area contributed by atoms with Gasteiger partial charge in [-0.1, -0.05) is 24.4 Å². The number of amides is 3. The van der Waals surface area contributed by atoms with E-state index in [1.54, 1.807) is 22.6 Å². The van der Waals surface area contributed by atoms with Crippen LogP contribution in [0, 0.1) is 6.92 Å². The Kier molecular flexibility index (Phi) is 11.0. The number of benzene rings is 1. The van der Waals surface area contributed by atoms with Gasteiger partial charge in [0.15, 0.2) is 5.78 Å². The van der Waals surface area contributed by atoms with Crippen molar-refractivity contribution in [1.82, 2.24) is 39.5 Å².